The molecule has 0 bridgehead atoms. The van der Waals surface area contributed by atoms with Gasteiger partial charge in [0, 0.05) is 31.7 Å². The van der Waals surface area contributed by atoms with Gasteiger partial charge in [0.05, 0.1) is 5.75 Å². The second-order valence-electron chi connectivity index (χ2n) is 7.25. The minimum atomic E-state index is -0.0671. The third-order valence-electron chi connectivity index (χ3n) is 5.51. The molecule has 2 aromatic rings. The lowest BCUT2D eigenvalue weighted by molar-refractivity contribution is -0.132. The zero-order valence-electron chi connectivity index (χ0n) is 15.0. The Balaban J connectivity index is 1.26. The van der Waals surface area contributed by atoms with E-state index in [9.17, 15) is 4.79 Å². The fourth-order valence-corrected chi connectivity index (χ4v) is 4.78. The summed E-state index contributed by atoms with van der Waals surface area (Å²) < 4.78 is 6.38. The highest BCUT2D eigenvalue weighted by Gasteiger charge is 2.40. The highest BCUT2D eigenvalue weighted by Crippen LogP contribution is 2.39. The lowest BCUT2D eigenvalue weighted by atomic mass is 9.83. The van der Waals surface area contributed by atoms with Crippen molar-refractivity contribution in [3.8, 4) is 5.75 Å². The number of carbonyl (C=O) groups excluding carboxylic acids is 1. The van der Waals surface area contributed by atoms with Crippen molar-refractivity contribution in [2.75, 3.05) is 18.8 Å². The van der Waals surface area contributed by atoms with E-state index in [-0.39, 0.29) is 11.5 Å². The summed E-state index contributed by atoms with van der Waals surface area (Å²) in [5, 5.41) is 0. The molecule has 1 spiro atoms. The third kappa shape index (κ3) is 3.90. The topological polar surface area (TPSA) is 29.5 Å². The Labute approximate surface area is 159 Å². The van der Waals surface area contributed by atoms with Gasteiger partial charge in [0.15, 0.2) is 0 Å². The number of amides is 1. The molecule has 2 aromatic carbocycles. The number of benzene rings is 2. The zero-order chi connectivity index (χ0) is 17.8. The molecule has 1 amide bonds. The molecule has 2 aliphatic heterocycles. The van der Waals surface area contributed by atoms with E-state index in [1.807, 2.05) is 29.2 Å². The van der Waals surface area contributed by atoms with E-state index < -0.39 is 0 Å². The van der Waals surface area contributed by atoms with Crippen LogP contribution in [0.1, 0.15) is 30.4 Å². The summed E-state index contributed by atoms with van der Waals surface area (Å²) in [6, 6.07) is 18.7. The molecule has 0 radical (unpaired) electrons. The number of aryl methyl sites for hydroxylation is 1. The molecule has 4 heteroatoms. The number of nitrogens with zero attached hydrogens (tertiary/aromatic N) is 1. The van der Waals surface area contributed by atoms with Crippen LogP contribution < -0.4 is 4.74 Å². The van der Waals surface area contributed by atoms with Gasteiger partial charge >= 0.3 is 0 Å². The van der Waals surface area contributed by atoms with E-state index in [4.69, 9.17) is 4.74 Å². The van der Waals surface area contributed by atoms with E-state index in [0.717, 1.165) is 50.3 Å². The average Bonchev–Trinajstić information content (AvgIpc) is 2.69. The van der Waals surface area contributed by atoms with E-state index in [1.165, 1.54) is 11.1 Å². The highest BCUT2D eigenvalue weighted by atomic mass is 32.2. The molecule has 0 aromatic heterocycles. The van der Waals surface area contributed by atoms with Crippen LogP contribution >= 0.6 is 11.8 Å². The number of hydrogen-bond acceptors (Lipinski definition) is 3. The maximum Gasteiger partial charge on any atom is 0.232 e. The monoisotopic (exact) mass is 367 g/mol. The highest BCUT2D eigenvalue weighted by molar-refractivity contribution is 7.99. The lowest BCUT2D eigenvalue weighted by Crippen LogP contribution is -2.51. The fraction of sp³-hybridized carbons (Fsp3) is 0.409. The largest absolute Gasteiger partial charge is 0.487 e. The van der Waals surface area contributed by atoms with Gasteiger partial charge in [-0.05, 0) is 30.0 Å². The maximum absolute atomic E-state index is 12.5. The predicted molar refractivity (Wildman–Crippen MR) is 107 cm³/mol. The Hall–Kier alpha value is -1.94. The molecule has 26 heavy (non-hydrogen) atoms. The van der Waals surface area contributed by atoms with Crippen molar-refractivity contribution >= 4 is 17.7 Å². The molecule has 2 heterocycles. The number of rotatable bonds is 4. The number of hydrogen-bond donors (Lipinski definition) is 0. The first-order chi connectivity index (χ1) is 12.7. The van der Waals surface area contributed by atoms with Crippen LogP contribution in [0.2, 0.25) is 0 Å². The minimum absolute atomic E-state index is 0.0671. The molecular formula is C22H25NO2S. The van der Waals surface area contributed by atoms with Gasteiger partial charge in [0.25, 0.3) is 0 Å². The zero-order valence-corrected chi connectivity index (χ0v) is 15.8. The van der Waals surface area contributed by atoms with Gasteiger partial charge in [0.1, 0.15) is 11.4 Å². The maximum atomic E-state index is 12.5. The average molecular weight is 368 g/mol. The summed E-state index contributed by atoms with van der Waals surface area (Å²) in [6.07, 6.45) is 4.03. The quantitative estimate of drug-likeness (QED) is 0.807. The van der Waals surface area contributed by atoms with Crippen LogP contribution in [0.5, 0.6) is 5.75 Å². The first kappa shape index (κ1) is 17.5. The van der Waals surface area contributed by atoms with Gasteiger partial charge in [-0.2, -0.15) is 0 Å². The summed E-state index contributed by atoms with van der Waals surface area (Å²) >= 11 is 1.70. The Bertz CT molecular complexity index is 754. The van der Waals surface area contributed by atoms with Crippen molar-refractivity contribution in [2.45, 2.75) is 37.0 Å². The third-order valence-corrected chi connectivity index (χ3v) is 6.50. The van der Waals surface area contributed by atoms with Crippen molar-refractivity contribution in [2.24, 2.45) is 0 Å². The first-order valence-corrected chi connectivity index (χ1v) is 10.6. The number of likely N-dealkylation sites (tertiary alicyclic amines) is 1. The summed E-state index contributed by atoms with van der Waals surface area (Å²) in [5.74, 6) is 2.75. The molecule has 4 rings (SSSR count). The fourth-order valence-electron chi connectivity index (χ4n) is 3.89. The van der Waals surface area contributed by atoms with Crippen molar-refractivity contribution in [3.63, 3.8) is 0 Å². The Morgan fingerprint density at radius 3 is 2.54 bits per heavy atom. The molecule has 0 N–H and O–H groups in total. The van der Waals surface area contributed by atoms with Crippen LogP contribution in [-0.4, -0.2) is 35.3 Å². The molecule has 1 saturated heterocycles. The van der Waals surface area contributed by atoms with E-state index in [2.05, 4.69) is 30.3 Å². The summed E-state index contributed by atoms with van der Waals surface area (Å²) in [7, 11) is 0. The standard InChI is InChI=1S/C22H25NO2S/c24-21(17-26-16-18-6-2-1-3-7-18)23-14-12-22(13-15-23)11-10-19-8-4-5-9-20(19)25-22/h1-9H,10-17H2. The van der Waals surface area contributed by atoms with Crippen LogP contribution in [0.3, 0.4) is 0 Å². The predicted octanol–water partition coefficient (Wildman–Crippen LogP) is 4.31. The van der Waals surface area contributed by atoms with Gasteiger partial charge < -0.3 is 9.64 Å². The van der Waals surface area contributed by atoms with E-state index in [1.54, 1.807) is 11.8 Å². The molecule has 0 saturated carbocycles. The summed E-state index contributed by atoms with van der Waals surface area (Å²) in [4.78, 5) is 14.5. The smallest absolute Gasteiger partial charge is 0.232 e. The van der Waals surface area contributed by atoms with Crippen LogP contribution in [0.15, 0.2) is 54.6 Å². The van der Waals surface area contributed by atoms with Gasteiger partial charge in [-0.3, -0.25) is 4.79 Å². The SMILES string of the molecule is O=C(CSCc1ccccc1)N1CCC2(CCc3ccccc3O2)CC1. The lowest BCUT2D eigenvalue weighted by Gasteiger charge is -2.44. The van der Waals surface area contributed by atoms with Crippen LogP contribution in [0.25, 0.3) is 0 Å². The number of carbonyl (C=O) groups is 1. The van der Waals surface area contributed by atoms with Crippen molar-refractivity contribution in [1.29, 1.82) is 0 Å². The summed E-state index contributed by atoms with van der Waals surface area (Å²) in [6.45, 7) is 1.62. The van der Waals surface area contributed by atoms with Gasteiger partial charge in [-0.25, -0.2) is 0 Å². The van der Waals surface area contributed by atoms with E-state index >= 15 is 0 Å². The molecular weight excluding hydrogens is 342 g/mol. The van der Waals surface area contributed by atoms with Crippen LogP contribution in [-0.2, 0) is 17.0 Å². The Kier molecular flexibility index (Phi) is 5.21. The Morgan fingerprint density at radius 2 is 1.73 bits per heavy atom. The van der Waals surface area contributed by atoms with Gasteiger partial charge in [-0.15, -0.1) is 11.8 Å². The van der Waals surface area contributed by atoms with E-state index in [0.29, 0.717) is 5.75 Å². The molecule has 0 unspecified atom stereocenters. The Morgan fingerprint density at radius 1 is 1.00 bits per heavy atom. The molecule has 0 aliphatic carbocycles. The number of fused-ring (bicyclic) bond motifs is 1. The number of para-hydroxylation sites is 1. The molecule has 136 valence electrons. The summed E-state index contributed by atoms with van der Waals surface area (Å²) in [5.41, 5.74) is 2.52. The normalized spacial score (nSPS) is 18.2. The molecule has 0 atom stereocenters. The molecule has 2 aliphatic rings. The second-order valence-corrected chi connectivity index (χ2v) is 8.24. The second kappa shape index (κ2) is 7.75. The van der Waals surface area contributed by atoms with Crippen molar-refractivity contribution in [1.82, 2.24) is 4.90 Å². The molecule has 1 fully saturated rings. The number of piperidine rings is 1. The van der Waals surface area contributed by atoms with Gasteiger partial charge in [-0.1, -0.05) is 48.5 Å². The van der Waals surface area contributed by atoms with Crippen LogP contribution in [0.4, 0.5) is 0 Å². The van der Waals surface area contributed by atoms with Crippen LogP contribution in [0, 0.1) is 0 Å². The van der Waals surface area contributed by atoms with Crippen molar-refractivity contribution in [3.05, 3.63) is 65.7 Å². The number of thioether (sulfide) groups is 1. The number of ether oxygens (including phenoxy) is 1. The molecule has 3 nitrogen and oxygen atoms in total. The minimum Gasteiger partial charge on any atom is -0.487 e. The van der Waals surface area contributed by atoms with Gasteiger partial charge in [0.2, 0.25) is 5.91 Å². The first-order valence-electron chi connectivity index (χ1n) is 9.41. The van der Waals surface area contributed by atoms with Crippen molar-refractivity contribution < 1.29 is 9.53 Å².